The molecule has 0 bridgehead atoms. The van der Waals surface area contributed by atoms with Gasteiger partial charge in [-0.3, -0.25) is 19.5 Å². The Morgan fingerprint density at radius 2 is 2.14 bits per heavy atom. The second-order valence-corrected chi connectivity index (χ2v) is 6.26. The topological polar surface area (TPSA) is 70.5 Å². The van der Waals surface area contributed by atoms with Crippen LogP contribution in [0.2, 0.25) is 0 Å². The van der Waals surface area contributed by atoms with Gasteiger partial charge in [-0.1, -0.05) is 48.2 Å². The van der Waals surface area contributed by atoms with Crippen LogP contribution in [0.25, 0.3) is 17.0 Å². The second kappa shape index (κ2) is 5.86. The molecule has 7 heteroatoms. The minimum absolute atomic E-state index is 0.256. The Morgan fingerprint density at radius 1 is 1.36 bits per heavy atom. The van der Waals surface area contributed by atoms with Gasteiger partial charge in [0.1, 0.15) is 10.9 Å². The van der Waals surface area contributed by atoms with Gasteiger partial charge in [0.2, 0.25) is 0 Å². The average Bonchev–Trinajstić information content (AvgIpc) is 2.75. The van der Waals surface area contributed by atoms with Crippen molar-refractivity contribution in [3.8, 4) is 0 Å². The zero-order chi connectivity index (χ0) is 15.7. The molecule has 22 heavy (non-hydrogen) atoms. The van der Waals surface area contributed by atoms with Crippen molar-refractivity contribution in [3.63, 3.8) is 0 Å². The van der Waals surface area contributed by atoms with Gasteiger partial charge in [-0.15, -0.1) is 0 Å². The van der Waals surface area contributed by atoms with Crippen molar-refractivity contribution in [1.29, 1.82) is 0 Å². The van der Waals surface area contributed by atoms with Crippen molar-refractivity contribution in [3.05, 3.63) is 47.0 Å². The molecule has 0 aliphatic carbocycles. The first kappa shape index (κ1) is 14.7. The number of carboxylic acid groups (broad SMARTS) is 1. The van der Waals surface area contributed by atoms with Crippen LogP contribution in [-0.2, 0) is 9.59 Å². The van der Waals surface area contributed by atoms with E-state index in [2.05, 4.69) is 4.98 Å². The van der Waals surface area contributed by atoms with Gasteiger partial charge in [0, 0.05) is 17.1 Å². The highest BCUT2D eigenvalue weighted by Crippen LogP contribution is 2.33. The van der Waals surface area contributed by atoms with Gasteiger partial charge in [0.05, 0.1) is 10.4 Å². The Balaban J connectivity index is 2.00. The van der Waals surface area contributed by atoms with Crippen LogP contribution in [0.4, 0.5) is 0 Å². The molecule has 1 aromatic carbocycles. The van der Waals surface area contributed by atoms with Crippen molar-refractivity contribution in [1.82, 2.24) is 9.88 Å². The quantitative estimate of drug-likeness (QED) is 0.689. The largest absolute Gasteiger partial charge is 0.480 e. The maximum atomic E-state index is 12.3. The highest BCUT2D eigenvalue weighted by molar-refractivity contribution is 8.26. The summed E-state index contributed by atoms with van der Waals surface area (Å²) < 4.78 is 0.256. The summed E-state index contributed by atoms with van der Waals surface area (Å²) >= 11 is 6.18. The van der Waals surface area contributed by atoms with Crippen LogP contribution in [0.15, 0.2) is 41.4 Å². The lowest BCUT2D eigenvalue weighted by Gasteiger charge is -2.10. The van der Waals surface area contributed by atoms with Gasteiger partial charge >= 0.3 is 5.97 Å². The van der Waals surface area contributed by atoms with Crippen LogP contribution < -0.4 is 0 Å². The van der Waals surface area contributed by atoms with E-state index in [-0.39, 0.29) is 10.2 Å². The molecule has 1 amide bonds. The molecule has 1 N–H and O–H groups in total. The van der Waals surface area contributed by atoms with Crippen molar-refractivity contribution in [2.45, 2.75) is 0 Å². The summed E-state index contributed by atoms with van der Waals surface area (Å²) in [7, 11) is 0. The number of aromatic nitrogens is 1. The fourth-order valence-corrected chi connectivity index (χ4v) is 3.40. The molecule has 2 heterocycles. The van der Waals surface area contributed by atoms with Crippen LogP contribution in [0, 0.1) is 0 Å². The van der Waals surface area contributed by atoms with Crippen molar-refractivity contribution in [2.75, 3.05) is 6.54 Å². The monoisotopic (exact) mass is 330 g/mol. The molecular weight excluding hydrogens is 320 g/mol. The zero-order valence-electron chi connectivity index (χ0n) is 11.2. The molecule has 3 rings (SSSR count). The first-order valence-corrected chi connectivity index (χ1v) is 7.59. The summed E-state index contributed by atoms with van der Waals surface area (Å²) in [6, 6.07) is 9.47. The number of hydrogen-bond acceptors (Lipinski definition) is 5. The first-order valence-electron chi connectivity index (χ1n) is 6.37. The van der Waals surface area contributed by atoms with Gasteiger partial charge in [0.15, 0.2) is 0 Å². The number of thiocarbonyl (C=S) groups is 1. The third-order valence-corrected chi connectivity index (χ3v) is 4.50. The number of carbonyl (C=O) groups excluding carboxylic acids is 1. The fourth-order valence-electron chi connectivity index (χ4n) is 2.16. The Morgan fingerprint density at radius 3 is 2.91 bits per heavy atom. The number of fused-ring (bicyclic) bond motifs is 1. The van der Waals surface area contributed by atoms with E-state index >= 15 is 0 Å². The minimum atomic E-state index is -1.09. The molecule has 2 aromatic rings. The standard InChI is InChI=1S/C15H10N2O3S2/c18-12(19)8-17-14(20)11(22-15(17)21)7-10-4-1-3-9-5-2-6-16-13(9)10/h1-7H,8H2,(H,18,19)/b11-7-. The van der Waals surface area contributed by atoms with Crippen molar-refractivity contribution in [2.24, 2.45) is 0 Å². The van der Waals surface area contributed by atoms with Gasteiger partial charge in [-0.05, 0) is 12.1 Å². The Bertz CT molecular complexity index is 827. The van der Waals surface area contributed by atoms with E-state index in [9.17, 15) is 9.59 Å². The van der Waals surface area contributed by atoms with E-state index in [0.29, 0.717) is 4.91 Å². The van der Waals surface area contributed by atoms with Gasteiger partial charge < -0.3 is 5.11 Å². The summed E-state index contributed by atoms with van der Waals surface area (Å²) in [6.45, 7) is -0.421. The molecule has 1 aliphatic rings. The third-order valence-electron chi connectivity index (χ3n) is 3.12. The van der Waals surface area contributed by atoms with E-state index in [4.69, 9.17) is 17.3 Å². The van der Waals surface area contributed by atoms with Crippen LogP contribution in [0.3, 0.4) is 0 Å². The summed E-state index contributed by atoms with van der Waals surface area (Å²) in [5.74, 6) is -1.48. The SMILES string of the molecule is O=C(O)CN1C(=O)/C(=C/c2cccc3cccnc23)SC1=S. The molecule has 1 saturated heterocycles. The minimum Gasteiger partial charge on any atom is -0.480 e. The van der Waals surface area contributed by atoms with Gasteiger partial charge in [-0.2, -0.15) is 0 Å². The maximum absolute atomic E-state index is 12.3. The Hall–Kier alpha value is -2.25. The van der Waals surface area contributed by atoms with E-state index < -0.39 is 12.5 Å². The van der Waals surface area contributed by atoms with Crippen LogP contribution in [-0.4, -0.2) is 37.7 Å². The summed E-state index contributed by atoms with van der Waals surface area (Å²) in [5, 5.41) is 9.80. The number of amides is 1. The predicted molar refractivity (Wildman–Crippen MR) is 89.3 cm³/mol. The van der Waals surface area contributed by atoms with Crippen molar-refractivity contribution < 1.29 is 14.7 Å². The van der Waals surface area contributed by atoms with E-state index in [0.717, 1.165) is 33.1 Å². The number of benzene rings is 1. The normalized spacial score (nSPS) is 16.7. The summed E-state index contributed by atoms with van der Waals surface area (Å²) in [6.07, 6.45) is 3.39. The second-order valence-electron chi connectivity index (χ2n) is 4.58. The molecule has 0 radical (unpaired) electrons. The number of nitrogens with zero attached hydrogens (tertiary/aromatic N) is 2. The fraction of sp³-hybridized carbons (Fsp3) is 0.0667. The van der Waals surface area contributed by atoms with E-state index in [1.54, 1.807) is 12.3 Å². The number of carboxylic acids is 1. The van der Waals surface area contributed by atoms with E-state index in [1.807, 2.05) is 30.3 Å². The van der Waals surface area contributed by atoms with Crippen molar-refractivity contribution >= 4 is 57.2 Å². The number of rotatable bonds is 3. The molecule has 0 saturated carbocycles. The number of pyridine rings is 1. The first-order chi connectivity index (χ1) is 10.6. The Kier molecular flexibility index (Phi) is 3.91. The molecule has 5 nitrogen and oxygen atoms in total. The summed E-state index contributed by atoms with van der Waals surface area (Å²) in [4.78, 5) is 28.9. The smallest absolute Gasteiger partial charge is 0.323 e. The summed E-state index contributed by atoms with van der Waals surface area (Å²) in [5.41, 5.74) is 1.59. The van der Waals surface area contributed by atoms with E-state index in [1.165, 1.54) is 0 Å². The lowest BCUT2D eigenvalue weighted by molar-refractivity contribution is -0.140. The highest BCUT2D eigenvalue weighted by Gasteiger charge is 2.33. The number of thioether (sulfide) groups is 1. The average molecular weight is 330 g/mol. The predicted octanol–water partition coefficient (Wildman–Crippen LogP) is 2.52. The number of carbonyl (C=O) groups is 2. The van der Waals surface area contributed by atoms with Crippen LogP contribution in [0.5, 0.6) is 0 Å². The number of para-hydroxylation sites is 1. The maximum Gasteiger partial charge on any atom is 0.323 e. The zero-order valence-corrected chi connectivity index (χ0v) is 12.9. The molecule has 0 atom stereocenters. The molecule has 1 fully saturated rings. The lowest BCUT2D eigenvalue weighted by atomic mass is 10.1. The molecule has 1 aliphatic heterocycles. The number of aliphatic carboxylic acids is 1. The van der Waals surface area contributed by atoms with Crippen LogP contribution in [0.1, 0.15) is 5.56 Å². The molecule has 0 unspecified atom stereocenters. The molecular formula is C15H10N2O3S2. The van der Waals surface area contributed by atoms with Gasteiger partial charge in [0.25, 0.3) is 5.91 Å². The van der Waals surface area contributed by atoms with Crippen LogP contribution >= 0.6 is 24.0 Å². The third kappa shape index (κ3) is 2.72. The number of hydrogen-bond donors (Lipinski definition) is 1. The Labute approximate surface area is 135 Å². The molecule has 0 spiro atoms. The molecule has 110 valence electrons. The van der Waals surface area contributed by atoms with Gasteiger partial charge in [-0.25, -0.2) is 0 Å². The highest BCUT2D eigenvalue weighted by atomic mass is 32.2. The lowest BCUT2D eigenvalue weighted by Crippen LogP contribution is -2.33. The molecule has 1 aromatic heterocycles.